The van der Waals surface area contributed by atoms with E-state index in [0.717, 1.165) is 0 Å². The molecule has 82 valence electrons. The number of ketones is 1. The van der Waals surface area contributed by atoms with Gasteiger partial charge < -0.3 is 4.74 Å². The molecule has 0 heterocycles. The molecule has 0 amide bonds. The van der Waals surface area contributed by atoms with E-state index < -0.39 is 5.41 Å². The van der Waals surface area contributed by atoms with Gasteiger partial charge in [0.2, 0.25) is 0 Å². The summed E-state index contributed by atoms with van der Waals surface area (Å²) < 4.78 is 4.89. The molecule has 0 fully saturated rings. The minimum atomic E-state index is -0.907. The maximum Gasteiger partial charge on any atom is 0.319 e. The standard InChI is InChI=1S/C10H18O3.Al.3H/c1-5-10(6-2,8(4)11)9(12)13-7-3;;;;/h5-7H2,1-4H3;;;;. The van der Waals surface area contributed by atoms with Gasteiger partial charge in [0.05, 0.1) is 6.61 Å². The lowest BCUT2D eigenvalue weighted by atomic mass is 9.79. The van der Waals surface area contributed by atoms with Crippen LogP contribution in [0, 0.1) is 5.41 Å². The summed E-state index contributed by atoms with van der Waals surface area (Å²) in [6.07, 6.45) is 1.02. The van der Waals surface area contributed by atoms with Gasteiger partial charge in [-0.25, -0.2) is 0 Å². The van der Waals surface area contributed by atoms with Crippen molar-refractivity contribution in [3.63, 3.8) is 0 Å². The Hall–Kier alpha value is -0.328. The van der Waals surface area contributed by atoms with E-state index in [0.29, 0.717) is 19.4 Å². The molecule has 0 atom stereocenters. The lowest BCUT2D eigenvalue weighted by Crippen LogP contribution is -2.38. The topological polar surface area (TPSA) is 43.4 Å². The van der Waals surface area contributed by atoms with Gasteiger partial charge in [-0.05, 0) is 26.7 Å². The number of rotatable bonds is 5. The van der Waals surface area contributed by atoms with Crippen molar-refractivity contribution in [3.05, 3.63) is 0 Å². The lowest BCUT2D eigenvalue weighted by molar-refractivity contribution is -0.160. The van der Waals surface area contributed by atoms with E-state index >= 15 is 0 Å². The van der Waals surface area contributed by atoms with E-state index in [1.54, 1.807) is 6.92 Å². The van der Waals surface area contributed by atoms with Crippen molar-refractivity contribution in [2.24, 2.45) is 5.41 Å². The second kappa shape index (κ2) is 7.03. The number of Topliss-reactive ketones (excluding diaryl/α,β-unsaturated/α-hetero) is 1. The third-order valence-electron chi connectivity index (χ3n) is 2.55. The van der Waals surface area contributed by atoms with Crippen LogP contribution in [0.2, 0.25) is 0 Å². The molecule has 0 rings (SSSR count). The average Bonchev–Trinajstić information content (AvgIpc) is 2.07. The smallest absolute Gasteiger partial charge is 0.319 e. The Balaban J connectivity index is 0. The summed E-state index contributed by atoms with van der Waals surface area (Å²) in [5.41, 5.74) is -0.907. The predicted molar refractivity (Wildman–Crippen MR) is 60.3 cm³/mol. The van der Waals surface area contributed by atoms with Crippen molar-refractivity contribution in [1.82, 2.24) is 0 Å². The van der Waals surface area contributed by atoms with E-state index in [1.807, 2.05) is 13.8 Å². The highest BCUT2D eigenvalue weighted by atomic mass is 27.0. The first-order valence-electron chi connectivity index (χ1n) is 4.73. The minimum absolute atomic E-state index is 0. The molecule has 0 N–H and O–H groups in total. The van der Waals surface area contributed by atoms with Crippen molar-refractivity contribution >= 4 is 29.1 Å². The van der Waals surface area contributed by atoms with Crippen LogP contribution < -0.4 is 0 Å². The molecule has 0 unspecified atom stereocenters. The van der Waals surface area contributed by atoms with Gasteiger partial charge in [-0.15, -0.1) is 0 Å². The van der Waals surface area contributed by atoms with Gasteiger partial charge in [0.1, 0.15) is 11.2 Å². The fourth-order valence-corrected chi connectivity index (χ4v) is 1.45. The van der Waals surface area contributed by atoms with Crippen LogP contribution in [0.4, 0.5) is 0 Å². The third-order valence-corrected chi connectivity index (χ3v) is 2.55. The van der Waals surface area contributed by atoms with Gasteiger partial charge in [-0.1, -0.05) is 13.8 Å². The molecule has 0 aromatic carbocycles. The fraction of sp³-hybridized carbons (Fsp3) is 0.800. The molecule has 0 radical (unpaired) electrons. The Labute approximate surface area is 96.3 Å². The molecule has 0 bridgehead atoms. The van der Waals surface area contributed by atoms with Gasteiger partial charge in [-0.3, -0.25) is 9.59 Å². The van der Waals surface area contributed by atoms with Crippen LogP contribution in [0.15, 0.2) is 0 Å². The predicted octanol–water partition coefficient (Wildman–Crippen LogP) is 0.761. The first-order valence-corrected chi connectivity index (χ1v) is 4.73. The average molecular weight is 216 g/mol. The maximum atomic E-state index is 11.5. The molecule has 0 aromatic heterocycles. The molecular weight excluding hydrogens is 195 g/mol. The zero-order chi connectivity index (χ0) is 10.5. The highest BCUT2D eigenvalue weighted by molar-refractivity contribution is 6.02. The van der Waals surface area contributed by atoms with Gasteiger partial charge >= 0.3 is 5.97 Å². The first-order chi connectivity index (χ1) is 6.05. The summed E-state index contributed by atoms with van der Waals surface area (Å²) >= 11 is 0. The molecule has 0 saturated heterocycles. The van der Waals surface area contributed by atoms with Gasteiger partial charge in [0.25, 0.3) is 0 Å². The SMILES string of the molecule is CCOC(=O)C(CC)(CC)C(C)=O.[AlH3]. The van der Waals surface area contributed by atoms with Crippen LogP contribution in [0.3, 0.4) is 0 Å². The summed E-state index contributed by atoms with van der Waals surface area (Å²) in [6.45, 7) is 7.19. The van der Waals surface area contributed by atoms with Crippen molar-refractivity contribution < 1.29 is 14.3 Å². The Morgan fingerprint density at radius 3 is 1.79 bits per heavy atom. The molecular formula is C10H21AlO3. The van der Waals surface area contributed by atoms with Gasteiger partial charge in [-0.2, -0.15) is 0 Å². The molecule has 0 aromatic rings. The molecule has 4 heteroatoms. The van der Waals surface area contributed by atoms with Gasteiger partial charge in [0, 0.05) is 0 Å². The summed E-state index contributed by atoms with van der Waals surface area (Å²) in [5.74, 6) is -0.483. The Morgan fingerprint density at radius 2 is 1.57 bits per heavy atom. The highest BCUT2D eigenvalue weighted by Crippen LogP contribution is 2.29. The van der Waals surface area contributed by atoms with E-state index in [-0.39, 0.29) is 29.1 Å². The summed E-state index contributed by atoms with van der Waals surface area (Å²) in [5, 5.41) is 0. The number of hydrogen-bond acceptors (Lipinski definition) is 3. The summed E-state index contributed by atoms with van der Waals surface area (Å²) in [4.78, 5) is 22.9. The largest absolute Gasteiger partial charge is 0.465 e. The minimum Gasteiger partial charge on any atom is -0.465 e. The molecule has 0 spiro atoms. The monoisotopic (exact) mass is 216 g/mol. The van der Waals surface area contributed by atoms with Crippen molar-refractivity contribution in [1.29, 1.82) is 0 Å². The van der Waals surface area contributed by atoms with Gasteiger partial charge in [0.15, 0.2) is 17.4 Å². The first kappa shape index (κ1) is 16.1. The Kier molecular flexibility index (Phi) is 8.09. The lowest BCUT2D eigenvalue weighted by Gasteiger charge is -2.25. The third kappa shape index (κ3) is 3.11. The number of ether oxygens (including phenoxy) is 1. The number of esters is 1. The Bertz CT molecular complexity index is 198. The van der Waals surface area contributed by atoms with E-state index in [2.05, 4.69) is 0 Å². The number of carbonyl (C=O) groups excluding carboxylic acids is 2. The van der Waals surface area contributed by atoms with E-state index in [4.69, 9.17) is 4.74 Å². The number of carbonyl (C=O) groups is 2. The summed E-state index contributed by atoms with van der Waals surface area (Å²) in [7, 11) is 0. The normalized spacial score (nSPS) is 10.3. The quantitative estimate of drug-likeness (QED) is 0.387. The Morgan fingerprint density at radius 1 is 1.14 bits per heavy atom. The molecule has 0 aliphatic heterocycles. The summed E-state index contributed by atoms with van der Waals surface area (Å²) in [6, 6.07) is 0. The van der Waals surface area contributed by atoms with E-state index in [1.165, 1.54) is 6.92 Å². The molecule has 14 heavy (non-hydrogen) atoms. The zero-order valence-electron chi connectivity index (χ0n) is 8.85. The molecule has 3 nitrogen and oxygen atoms in total. The maximum absolute atomic E-state index is 11.5. The molecule has 0 aliphatic carbocycles. The highest BCUT2D eigenvalue weighted by Gasteiger charge is 2.41. The van der Waals surface area contributed by atoms with Crippen LogP contribution >= 0.6 is 0 Å². The fourth-order valence-electron chi connectivity index (χ4n) is 1.45. The zero-order valence-corrected chi connectivity index (χ0v) is 8.85. The second-order valence-electron chi connectivity index (χ2n) is 3.07. The van der Waals surface area contributed by atoms with Crippen LogP contribution in [0.1, 0.15) is 40.5 Å². The van der Waals surface area contributed by atoms with Crippen molar-refractivity contribution in [2.75, 3.05) is 6.61 Å². The van der Waals surface area contributed by atoms with Crippen LogP contribution in [-0.2, 0) is 14.3 Å². The van der Waals surface area contributed by atoms with Crippen molar-refractivity contribution in [2.45, 2.75) is 40.5 Å². The van der Waals surface area contributed by atoms with Crippen LogP contribution in [0.25, 0.3) is 0 Å². The second-order valence-corrected chi connectivity index (χ2v) is 3.07. The molecule has 0 aliphatic rings. The van der Waals surface area contributed by atoms with E-state index in [9.17, 15) is 9.59 Å². The van der Waals surface area contributed by atoms with Crippen LogP contribution in [-0.4, -0.2) is 35.7 Å². The molecule has 0 saturated carbocycles. The van der Waals surface area contributed by atoms with Crippen molar-refractivity contribution in [3.8, 4) is 0 Å². The van der Waals surface area contributed by atoms with Crippen LogP contribution in [0.5, 0.6) is 0 Å². The number of hydrogen-bond donors (Lipinski definition) is 0.